The van der Waals surface area contributed by atoms with Gasteiger partial charge < -0.3 is 5.11 Å². The Morgan fingerprint density at radius 1 is 1.53 bits per heavy atom. The standard InChI is InChI=1S/C11H10F3N3O2/c1-7(18)17-10(19,8-3-2-4-15-6-8)5-9(16-17)11(12,13)14/h2-4,6,19H,5H2,1H3/t10-/m0/s1. The maximum atomic E-state index is 12.7. The molecule has 0 fully saturated rings. The van der Waals surface area contributed by atoms with Crippen LogP contribution in [0.25, 0.3) is 0 Å². The first-order chi connectivity index (χ1) is 8.75. The number of aromatic nitrogens is 1. The molecule has 0 spiro atoms. The van der Waals surface area contributed by atoms with Gasteiger partial charge in [-0.1, -0.05) is 6.07 Å². The molecule has 0 aliphatic carbocycles. The third kappa shape index (κ3) is 2.30. The van der Waals surface area contributed by atoms with E-state index >= 15 is 0 Å². The predicted octanol–water partition coefficient (Wildman–Crippen LogP) is 1.40. The van der Waals surface area contributed by atoms with Gasteiger partial charge in [-0.05, 0) is 6.07 Å². The summed E-state index contributed by atoms with van der Waals surface area (Å²) in [5, 5.41) is 14.0. The molecule has 0 unspecified atom stereocenters. The Bertz CT molecular complexity index is 530. The van der Waals surface area contributed by atoms with Crippen molar-refractivity contribution in [2.75, 3.05) is 0 Å². The molecular formula is C11H10F3N3O2. The molecule has 19 heavy (non-hydrogen) atoms. The van der Waals surface area contributed by atoms with Crippen molar-refractivity contribution in [1.29, 1.82) is 0 Å². The number of carbonyl (C=O) groups is 1. The second-order valence-electron chi connectivity index (χ2n) is 4.11. The van der Waals surface area contributed by atoms with Crippen molar-refractivity contribution in [3.8, 4) is 0 Å². The van der Waals surface area contributed by atoms with Crippen LogP contribution in [0.5, 0.6) is 0 Å². The molecule has 0 aromatic carbocycles. The molecule has 0 radical (unpaired) electrons. The van der Waals surface area contributed by atoms with Crippen LogP contribution in [0.4, 0.5) is 13.2 Å². The summed E-state index contributed by atoms with van der Waals surface area (Å²) in [6, 6.07) is 2.84. The van der Waals surface area contributed by atoms with Crippen LogP contribution in [0.1, 0.15) is 18.9 Å². The number of alkyl halides is 3. The van der Waals surface area contributed by atoms with Crippen molar-refractivity contribution in [3.05, 3.63) is 30.1 Å². The fourth-order valence-electron chi connectivity index (χ4n) is 1.86. The van der Waals surface area contributed by atoms with E-state index < -0.39 is 29.9 Å². The number of hydrogen-bond acceptors (Lipinski definition) is 4. The number of hydrazone groups is 1. The van der Waals surface area contributed by atoms with Crippen LogP contribution in [-0.2, 0) is 10.5 Å². The SMILES string of the molecule is CC(=O)N1N=C(C(F)(F)F)C[C@]1(O)c1cccnc1. The highest BCUT2D eigenvalue weighted by molar-refractivity contribution is 5.94. The first kappa shape index (κ1) is 13.5. The van der Waals surface area contributed by atoms with E-state index in [4.69, 9.17) is 0 Å². The third-order valence-electron chi connectivity index (χ3n) is 2.73. The number of pyridine rings is 1. The van der Waals surface area contributed by atoms with Crippen molar-refractivity contribution in [2.45, 2.75) is 25.2 Å². The normalized spacial score (nSPS) is 23.4. The highest BCUT2D eigenvalue weighted by Gasteiger charge is 2.52. The summed E-state index contributed by atoms with van der Waals surface area (Å²) in [7, 11) is 0. The minimum atomic E-state index is -4.69. The Kier molecular flexibility index (Phi) is 3.05. The number of aliphatic hydroxyl groups is 1. The molecule has 8 heteroatoms. The summed E-state index contributed by atoms with van der Waals surface area (Å²) >= 11 is 0. The van der Waals surface area contributed by atoms with Gasteiger partial charge in [0, 0.05) is 24.9 Å². The first-order valence-corrected chi connectivity index (χ1v) is 5.33. The molecule has 2 rings (SSSR count). The van der Waals surface area contributed by atoms with Crippen LogP contribution in [0.2, 0.25) is 0 Å². The topological polar surface area (TPSA) is 65.8 Å². The van der Waals surface area contributed by atoms with Crippen LogP contribution in [0, 0.1) is 0 Å². The van der Waals surface area contributed by atoms with E-state index in [1.165, 1.54) is 24.5 Å². The molecule has 1 aliphatic rings. The number of halogens is 3. The van der Waals surface area contributed by atoms with Gasteiger partial charge in [0.2, 0.25) is 5.91 Å². The van der Waals surface area contributed by atoms with Gasteiger partial charge in [-0.2, -0.15) is 23.3 Å². The average molecular weight is 273 g/mol. The molecule has 0 saturated carbocycles. The van der Waals surface area contributed by atoms with E-state index in [1.807, 2.05) is 0 Å². The van der Waals surface area contributed by atoms with Crippen LogP contribution in [-0.4, -0.2) is 32.9 Å². The maximum absolute atomic E-state index is 12.7. The minimum Gasteiger partial charge on any atom is -0.365 e. The molecule has 0 saturated heterocycles. The van der Waals surface area contributed by atoms with E-state index in [1.54, 1.807) is 0 Å². The first-order valence-electron chi connectivity index (χ1n) is 5.33. The molecule has 1 atom stereocenters. The van der Waals surface area contributed by atoms with Crippen LogP contribution in [0.15, 0.2) is 29.6 Å². The molecule has 2 heterocycles. The smallest absolute Gasteiger partial charge is 0.365 e. The van der Waals surface area contributed by atoms with Gasteiger partial charge in [-0.3, -0.25) is 9.78 Å². The zero-order valence-corrected chi connectivity index (χ0v) is 9.85. The lowest BCUT2D eigenvalue weighted by Crippen LogP contribution is -2.42. The number of nitrogens with zero attached hydrogens (tertiary/aromatic N) is 3. The molecule has 1 aromatic rings. The highest BCUT2D eigenvalue weighted by atomic mass is 19.4. The van der Waals surface area contributed by atoms with Gasteiger partial charge in [0.1, 0.15) is 5.71 Å². The van der Waals surface area contributed by atoms with E-state index in [-0.39, 0.29) is 5.56 Å². The van der Waals surface area contributed by atoms with Crippen molar-refractivity contribution in [3.63, 3.8) is 0 Å². The quantitative estimate of drug-likeness (QED) is 0.841. The van der Waals surface area contributed by atoms with E-state index in [9.17, 15) is 23.1 Å². The predicted molar refractivity (Wildman–Crippen MR) is 58.8 cm³/mol. The number of carbonyl (C=O) groups excluding carboxylic acids is 1. The summed E-state index contributed by atoms with van der Waals surface area (Å²) in [5.41, 5.74) is -3.27. The van der Waals surface area contributed by atoms with Crippen molar-refractivity contribution in [1.82, 2.24) is 9.99 Å². The second-order valence-corrected chi connectivity index (χ2v) is 4.11. The average Bonchev–Trinajstić information content (AvgIpc) is 2.70. The maximum Gasteiger partial charge on any atom is 0.431 e. The van der Waals surface area contributed by atoms with Gasteiger partial charge in [0.25, 0.3) is 0 Å². The monoisotopic (exact) mass is 273 g/mol. The number of amides is 1. The zero-order valence-electron chi connectivity index (χ0n) is 9.85. The number of rotatable bonds is 1. The van der Waals surface area contributed by atoms with E-state index in [0.717, 1.165) is 6.92 Å². The van der Waals surface area contributed by atoms with Crippen LogP contribution in [0.3, 0.4) is 0 Å². The minimum absolute atomic E-state index is 0.0770. The van der Waals surface area contributed by atoms with Gasteiger partial charge in [0.15, 0.2) is 5.72 Å². The Morgan fingerprint density at radius 3 is 2.68 bits per heavy atom. The molecule has 0 bridgehead atoms. The Hall–Kier alpha value is -1.96. The lowest BCUT2D eigenvalue weighted by molar-refractivity contribution is -0.155. The van der Waals surface area contributed by atoms with Crippen LogP contribution >= 0.6 is 0 Å². The fourth-order valence-corrected chi connectivity index (χ4v) is 1.86. The lowest BCUT2D eigenvalue weighted by atomic mass is 9.99. The summed E-state index contributed by atoms with van der Waals surface area (Å²) in [5.74, 6) is -0.786. The molecule has 1 aliphatic heterocycles. The highest BCUT2D eigenvalue weighted by Crippen LogP contribution is 2.39. The summed E-state index contributed by atoms with van der Waals surface area (Å²) in [4.78, 5) is 15.1. The van der Waals surface area contributed by atoms with Crippen molar-refractivity contribution < 1.29 is 23.1 Å². The zero-order chi connectivity index (χ0) is 14.3. The molecule has 1 aromatic heterocycles. The molecule has 5 nitrogen and oxygen atoms in total. The summed E-state index contributed by atoms with van der Waals surface area (Å²) < 4.78 is 38.0. The fraction of sp³-hybridized carbons (Fsp3) is 0.364. The summed E-state index contributed by atoms with van der Waals surface area (Å²) in [6.45, 7) is 1.03. The second kappa shape index (κ2) is 4.30. The van der Waals surface area contributed by atoms with Gasteiger partial charge in [0.05, 0.1) is 6.42 Å². The van der Waals surface area contributed by atoms with Gasteiger partial charge in [-0.25, -0.2) is 0 Å². The molecule has 1 N–H and O–H groups in total. The number of hydrogen-bond donors (Lipinski definition) is 1. The van der Waals surface area contributed by atoms with E-state index in [2.05, 4.69) is 10.1 Å². The van der Waals surface area contributed by atoms with Gasteiger partial charge in [-0.15, -0.1) is 0 Å². The Balaban J connectivity index is 2.45. The molecular weight excluding hydrogens is 263 g/mol. The van der Waals surface area contributed by atoms with Crippen LogP contribution < -0.4 is 0 Å². The molecule has 1 amide bonds. The third-order valence-corrected chi connectivity index (χ3v) is 2.73. The largest absolute Gasteiger partial charge is 0.431 e. The molecule has 102 valence electrons. The van der Waals surface area contributed by atoms with Gasteiger partial charge >= 0.3 is 6.18 Å². The Morgan fingerprint density at radius 2 is 2.21 bits per heavy atom. The van der Waals surface area contributed by atoms with E-state index in [0.29, 0.717) is 5.01 Å². The Labute approximate surface area is 106 Å². The summed E-state index contributed by atoms with van der Waals surface area (Å²) in [6.07, 6.45) is -2.90. The lowest BCUT2D eigenvalue weighted by Gasteiger charge is -2.30. The van der Waals surface area contributed by atoms with Crippen molar-refractivity contribution in [2.24, 2.45) is 5.10 Å². The van der Waals surface area contributed by atoms with Crippen molar-refractivity contribution >= 4 is 11.6 Å².